The summed E-state index contributed by atoms with van der Waals surface area (Å²) in [5.41, 5.74) is 0. The molecule has 1 aromatic heterocycles. The first-order valence-corrected chi connectivity index (χ1v) is 6.93. The van der Waals surface area contributed by atoms with Crippen molar-refractivity contribution in [2.75, 3.05) is 27.2 Å². The third-order valence-electron chi connectivity index (χ3n) is 3.02. The normalized spacial score (nSPS) is 15.3. The highest BCUT2D eigenvalue weighted by molar-refractivity contribution is 7.10. The SMILES string of the molecule is CCC(C)CNCC(c1cccs1)N(C)C. The van der Waals surface area contributed by atoms with Crippen LogP contribution < -0.4 is 5.32 Å². The molecule has 0 aliphatic heterocycles. The molecule has 2 unspecified atom stereocenters. The molecule has 2 nitrogen and oxygen atoms in total. The van der Waals surface area contributed by atoms with E-state index in [2.05, 4.69) is 55.7 Å². The van der Waals surface area contributed by atoms with Crippen molar-refractivity contribution in [3.63, 3.8) is 0 Å². The molecule has 0 aliphatic carbocycles. The Kier molecular flexibility index (Phi) is 6.03. The van der Waals surface area contributed by atoms with Gasteiger partial charge >= 0.3 is 0 Å². The summed E-state index contributed by atoms with van der Waals surface area (Å²) in [7, 11) is 4.30. The third-order valence-corrected chi connectivity index (χ3v) is 4.00. The smallest absolute Gasteiger partial charge is 0.0561 e. The van der Waals surface area contributed by atoms with Gasteiger partial charge in [-0.1, -0.05) is 26.3 Å². The van der Waals surface area contributed by atoms with Crippen LogP contribution in [-0.2, 0) is 0 Å². The molecule has 1 rings (SSSR count). The fraction of sp³-hybridized carbons (Fsp3) is 0.692. The van der Waals surface area contributed by atoms with Crippen molar-refractivity contribution in [3.05, 3.63) is 22.4 Å². The summed E-state index contributed by atoms with van der Waals surface area (Å²) < 4.78 is 0. The Morgan fingerprint density at radius 3 is 2.62 bits per heavy atom. The van der Waals surface area contributed by atoms with Gasteiger partial charge in [-0.3, -0.25) is 0 Å². The third kappa shape index (κ3) is 4.24. The average molecular weight is 240 g/mol. The second-order valence-corrected chi connectivity index (χ2v) is 5.65. The van der Waals surface area contributed by atoms with Crippen LogP contribution >= 0.6 is 11.3 Å². The summed E-state index contributed by atoms with van der Waals surface area (Å²) >= 11 is 1.84. The van der Waals surface area contributed by atoms with Gasteiger partial charge in [0, 0.05) is 11.4 Å². The van der Waals surface area contributed by atoms with Crippen molar-refractivity contribution >= 4 is 11.3 Å². The lowest BCUT2D eigenvalue weighted by Crippen LogP contribution is -2.32. The molecule has 16 heavy (non-hydrogen) atoms. The molecule has 3 heteroatoms. The highest BCUT2D eigenvalue weighted by atomic mass is 32.1. The first-order chi connectivity index (χ1) is 7.65. The Morgan fingerprint density at radius 1 is 1.38 bits per heavy atom. The van der Waals surface area contributed by atoms with E-state index >= 15 is 0 Å². The van der Waals surface area contributed by atoms with Gasteiger partial charge < -0.3 is 10.2 Å². The van der Waals surface area contributed by atoms with E-state index in [9.17, 15) is 0 Å². The molecule has 0 saturated carbocycles. The highest BCUT2D eigenvalue weighted by Gasteiger charge is 2.14. The van der Waals surface area contributed by atoms with Crippen molar-refractivity contribution < 1.29 is 0 Å². The topological polar surface area (TPSA) is 15.3 Å². The zero-order valence-corrected chi connectivity index (χ0v) is 11.7. The molecule has 1 aromatic rings. The Morgan fingerprint density at radius 2 is 2.12 bits per heavy atom. The predicted octanol–water partition coefficient (Wildman–Crippen LogP) is 2.99. The molecular formula is C13H24N2S. The first-order valence-electron chi connectivity index (χ1n) is 6.05. The van der Waals surface area contributed by atoms with E-state index in [-0.39, 0.29) is 0 Å². The van der Waals surface area contributed by atoms with E-state index in [0.29, 0.717) is 6.04 Å². The molecule has 0 radical (unpaired) electrons. The van der Waals surface area contributed by atoms with Crippen LogP contribution in [0.3, 0.4) is 0 Å². The summed E-state index contributed by atoms with van der Waals surface area (Å²) in [5, 5.41) is 5.72. The molecule has 2 atom stereocenters. The van der Waals surface area contributed by atoms with Gasteiger partial charge in [0.05, 0.1) is 6.04 Å². The van der Waals surface area contributed by atoms with Gasteiger partial charge in [0.25, 0.3) is 0 Å². The van der Waals surface area contributed by atoms with Crippen molar-refractivity contribution in [3.8, 4) is 0 Å². The minimum atomic E-state index is 0.504. The van der Waals surface area contributed by atoms with Crippen molar-refractivity contribution in [2.45, 2.75) is 26.3 Å². The molecule has 0 amide bonds. The average Bonchev–Trinajstić information content (AvgIpc) is 2.76. The van der Waals surface area contributed by atoms with Crippen molar-refractivity contribution in [1.29, 1.82) is 0 Å². The lowest BCUT2D eigenvalue weighted by Gasteiger charge is -2.24. The molecule has 0 aliphatic rings. The van der Waals surface area contributed by atoms with Gasteiger partial charge in [0.1, 0.15) is 0 Å². The van der Waals surface area contributed by atoms with Gasteiger partial charge in [-0.25, -0.2) is 0 Å². The number of nitrogens with one attached hydrogen (secondary N) is 1. The number of hydrogen-bond donors (Lipinski definition) is 1. The lowest BCUT2D eigenvalue weighted by atomic mass is 10.1. The number of likely N-dealkylation sites (N-methyl/N-ethyl adjacent to an activating group) is 1. The molecular weight excluding hydrogens is 216 g/mol. The standard InChI is InChI=1S/C13H24N2S/c1-5-11(2)9-14-10-12(15(3)4)13-7-6-8-16-13/h6-8,11-12,14H,5,9-10H2,1-4H3. The fourth-order valence-electron chi connectivity index (χ4n) is 1.63. The van der Waals surface area contributed by atoms with Crippen molar-refractivity contribution in [1.82, 2.24) is 10.2 Å². The van der Waals surface area contributed by atoms with Gasteiger partial charge in [0.15, 0.2) is 0 Å². The molecule has 1 N–H and O–H groups in total. The maximum absolute atomic E-state index is 3.57. The van der Waals surface area contributed by atoms with Crippen LogP contribution in [0.5, 0.6) is 0 Å². The Hall–Kier alpha value is -0.380. The maximum atomic E-state index is 3.57. The molecule has 0 aromatic carbocycles. The van der Waals surface area contributed by atoms with Crippen LogP contribution in [0.25, 0.3) is 0 Å². The zero-order chi connectivity index (χ0) is 12.0. The van der Waals surface area contributed by atoms with E-state index in [0.717, 1.165) is 19.0 Å². The monoisotopic (exact) mass is 240 g/mol. The number of thiophene rings is 1. The summed E-state index contributed by atoms with van der Waals surface area (Å²) in [5.74, 6) is 0.770. The molecule has 0 saturated heterocycles. The van der Waals surface area contributed by atoms with Crippen molar-refractivity contribution in [2.24, 2.45) is 5.92 Å². The van der Waals surface area contributed by atoms with Gasteiger partial charge in [-0.05, 0) is 38.0 Å². The Balaban J connectivity index is 2.41. The van der Waals surface area contributed by atoms with Crippen LogP contribution in [0.4, 0.5) is 0 Å². The van der Waals surface area contributed by atoms with Gasteiger partial charge in [-0.2, -0.15) is 0 Å². The number of rotatable bonds is 7. The minimum absolute atomic E-state index is 0.504. The quantitative estimate of drug-likeness (QED) is 0.788. The van der Waals surface area contributed by atoms with Crippen LogP contribution in [0.1, 0.15) is 31.2 Å². The van der Waals surface area contributed by atoms with Crippen LogP contribution in [0.15, 0.2) is 17.5 Å². The van der Waals surface area contributed by atoms with E-state index in [1.807, 2.05) is 11.3 Å². The van der Waals surface area contributed by atoms with Crippen LogP contribution in [-0.4, -0.2) is 32.1 Å². The Bertz CT molecular complexity index is 269. The van der Waals surface area contributed by atoms with E-state index in [1.165, 1.54) is 11.3 Å². The minimum Gasteiger partial charge on any atom is -0.315 e. The highest BCUT2D eigenvalue weighted by Crippen LogP contribution is 2.22. The van der Waals surface area contributed by atoms with Crippen LogP contribution in [0, 0.1) is 5.92 Å². The maximum Gasteiger partial charge on any atom is 0.0561 e. The second-order valence-electron chi connectivity index (χ2n) is 4.67. The molecule has 0 spiro atoms. The van der Waals surface area contributed by atoms with Gasteiger partial charge in [-0.15, -0.1) is 11.3 Å². The van der Waals surface area contributed by atoms with Crippen LogP contribution in [0.2, 0.25) is 0 Å². The predicted molar refractivity (Wildman–Crippen MR) is 73.1 cm³/mol. The number of nitrogens with zero attached hydrogens (tertiary/aromatic N) is 1. The Labute approximate surface area is 104 Å². The van der Waals surface area contributed by atoms with E-state index < -0.39 is 0 Å². The summed E-state index contributed by atoms with van der Waals surface area (Å²) in [4.78, 5) is 3.73. The summed E-state index contributed by atoms with van der Waals surface area (Å²) in [6.07, 6.45) is 1.25. The first kappa shape index (κ1) is 13.7. The van der Waals surface area contributed by atoms with E-state index in [1.54, 1.807) is 0 Å². The molecule has 1 heterocycles. The summed E-state index contributed by atoms with van der Waals surface area (Å²) in [6.45, 7) is 6.70. The zero-order valence-electron chi connectivity index (χ0n) is 10.9. The largest absolute Gasteiger partial charge is 0.315 e. The molecule has 0 bridgehead atoms. The number of hydrogen-bond acceptors (Lipinski definition) is 3. The second kappa shape index (κ2) is 7.05. The van der Waals surface area contributed by atoms with E-state index in [4.69, 9.17) is 0 Å². The molecule has 0 fully saturated rings. The molecule has 92 valence electrons. The fourth-order valence-corrected chi connectivity index (χ4v) is 2.55. The van der Waals surface area contributed by atoms with Gasteiger partial charge in [0.2, 0.25) is 0 Å². The summed E-state index contributed by atoms with van der Waals surface area (Å²) in [6, 6.07) is 4.86. The lowest BCUT2D eigenvalue weighted by molar-refractivity contribution is 0.288.